The molecule has 6 nitrogen and oxygen atoms in total. The normalized spacial score (nSPS) is 23.3. The van der Waals surface area contributed by atoms with Crippen LogP contribution in [0.2, 0.25) is 5.02 Å². The van der Waals surface area contributed by atoms with E-state index in [4.69, 9.17) is 16.3 Å². The Morgan fingerprint density at radius 3 is 2.67 bits per heavy atom. The average Bonchev–Trinajstić information content (AvgIpc) is 2.71. The monoisotopic (exact) mass is 391 g/mol. The number of nitrogens with one attached hydrogen (secondary N) is 2. The minimum Gasteiger partial charge on any atom is -0.488 e. The van der Waals surface area contributed by atoms with E-state index in [-0.39, 0.29) is 18.0 Å². The quantitative estimate of drug-likeness (QED) is 0.835. The number of hydrogen-bond donors (Lipinski definition) is 2. The number of piperazine rings is 1. The zero-order chi connectivity index (χ0) is 18.6. The van der Waals surface area contributed by atoms with E-state index in [2.05, 4.69) is 25.5 Å². The van der Waals surface area contributed by atoms with Crippen molar-refractivity contribution >= 4 is 17.4 Å². The number of benzene rings is 1. The van der Waals surface area contributed by atoms with Crippen LogP contribution in [0.4, 0.5) is 10.2 Å². The molecule has 0 radical (unpaired) electrons. The molecule has 0 bridgehead atoms. The van der Waals surface area contributed by atoms with Gasteiger partial charge in [-0.3, -0.25) is 4.98 Å². The highest BCUT2D eigenvalue weighted by Gasteiger charge is 2.25. The second-order valence-electron chi connectivity index (χ2n) is 6.89. The highest BCUT2D eigenvalue weighted by molar-refractivity contribution is 6.32. The SMILES string of the molecule is Fc1ccc(OC2CCC(c3cnc(N4CCNCC4)cn3)NC2)c(Cl)c1. The Kier molecular flexibility index (Phi) is 5.71. The summed E-state index contributed by atoms with van der Waals surface area (Å²) in [5.74, 6) is 1.09. The summed E-state index contributed by atoms with van der Waals surface area (Å²) in [6.07, 6.45) is 5.49. The first kappa shape index (κ1) is 18.4. The standard InChI is InChI=1S/C19H23ClFN5O/c20-15-9-13(21)1-4-18(15)27-14-2-3-16(23-10-14)17-11-25-19(12-24-17)26-7-5-22-6-8-26/h1,4,9,11-12,14,16,22-23H,2-3,5-8,10H2. The van der Waals surface area contributed by atoms with E-state index in [0.717, 1.165) is 50.5 Å². The fourth-order valence-electron chi connectivity index (χ4n) is 3.50. The van der Waals surface area contributed by atoms with Gasteiger partial charge in [0.05, 0.1) is 29.2 Å². The first-order chi connectivity index (χ1) is 13.2. The third-order valence-corrected chi connectivity index (χ3v) is 5.31. The number of nitrogens with zero attached hydrogens (tertiary/aromatic N) is 3. The van der Waals surface area contributed by atoms with Gasteiger partial charge < -0.3 is 20.3 Å². The summed E-state index contributed by atoms with van der Waals surface area (Å²) in [6, 6.07) is 4.36. The fraction of sp³-hybridized carbons (Fsp3) is 0.474. The molecular weight excluding hydrogens is 369 g/mol. The largest absolute Gasteiger partial charge is 0.488 e. The molecule has 1 aromatic heterocycles. The van der Waals surface area contributed by atoms with Gasteiger partial charge in [-0.2, -0.15) is 0 Å². The maximum atomic E-state index is 13.1. The third-order valence-electron chi connectivity index (χ3n) is 5.01. The lowest BCUT2D eigenvalue weighted by atomic mass is 10.0. The molecule has 2 fully saturated rings. The number of hydrogen-bond acceptors (Lipinski definition) is 6. The Balaban J connectivity index is 1.32. The predicted octanol–water partition coefficient (Wildman–Crippen LogP) is 2.55. The van der Waals surface area contributed by atoms with Crippen molar-refractivity contribution in [3.05, 3.63) is 47.1 Å². The third kappa shape index (κ3) is 4.48. The van der Waals surface area contributed by atoms with Gasteiger partial charge in [0.25, 0.3) is 0 Å². The summed E-state index contributed by atoms with van der Waals surface area (Å²) in [4.78, 5) is 11.5. The van der Waals surface area contributed by atoms with Crippen LogP contribution in [0.3, 0.4) is 0 Å². The Hall–Kier alpha value is -1.96. The van der Waals surface area contributed by atoms with Crippen molar-refractivity contribution < 1.29 is 9.13 Å². The number of anilines is 1. The number of aromatic nitrogens is 2. The molecule has 8 heteroatoms. The topological polar surface area (TPSA) is 62.3 Å². The molecule has 2 saturated heterocycles. The van der Waals surface area contributed by atoms with Crippen molar-refractivity contribution in [2.45, 2.75) is 25.0 Å². The zero-order valence-electron chi connectivity index (χ0n) is 15.0. The van der Waals surface area contributed by atoms with Gasteiger partial charge in [0.1, 0.15) is 23.5 Å². The van der Waals surface area contributed by atoms with Crippen LogP contribution in [-0.4, -0.2) is 48.8 Å². The first-order valence-electron chi connectivity index (χ1n) is 9.32. The average molecular weight is 392 g/mol. The lowest BCUT2D eigenvalue weighted by molar-refractivity contribution is 0.148. The van der Waals surface area contributed by atoms with E-state index >= 15 is 0 Å². The number of rotatable bonds is 4. The summed E-state index contributed by atoms with van der Waals surface area (Å²) in [5, 5.41) is 7.10. The summed E-state index contributed by atoms with van der Waals surface area (Å²) in [5.41, 5.74) is 0.951. The van der Waals surface area contributed by atoms with Crippen LogP contribution < -0.4 is 20.3 Å². The number of ether oxygens (including phenoxy) is 1. The summed E-state index contributed by atoms with van der Waals surface area (Å²) < 4.78 is 19.1. The molecule has 0 saturated carbocycles. The van der Waals surface area contributed by atoms with E-state index in [9.17, 15) is 4.39 Å². The zero-order valence-corrected chi connectivity index (χ0v) is 15.8. The van der Waals surface area contributed by atoms with Crippen LogP contribution in [-0.2, 0) is 0 Å². The molecule has 27 heavy (non-hydrogen) atoms. The minimum absolute atomic E-state index is 0.00251. The van der Waals surface area contributed by atoms with Crippen molar-refractivity contribution in [1.82, 2.24) is 20.6 Å². The Morgan fingerprint density at radius 1 is 1.15 bits per heavy atom. The van der Waals surface area contributed by atoms with Crippen molar-refractivity contribution in [1.29, 1.82) is 0 Å². The van der Waals surface area contributed by atoms with E-state index in [0.29, 0.717) is 17.3 Å². The first-order valence-corrected chi connectivity index (χ1v) is 9.69. The molecule has 0 aliphatic carbocycles. The molecular formula is C19H23ClFN5O. The van der Waals surface area contributed by atoms with Gasteiger partial charge in [0.2, 0.25) is 0 Å². The van der Waals surface area contributed by atoms with Gasteiger partial charge >= 0.3 is 0 Å². The van der Waals surface area contributed by atoms with Crippen LogP contribution in [0.1, 0.15) is 24.6 Å². The Bertz CT molecular complexity index is 761. The van der Waals surface area contributed by atoms with Crippen LogP contribution in [0, 0.1) is 5.82 Å². The lowest BCUT2D eigenvalue weighted by Gasteiger charge is -2.31. The smallest absolute Gasteiger partial charge is 0.147 e. The van der Waals surface area contributed by atoms with Crippen molar-refractivity contribution in [2.75, 3.05) is 37.6 Å². The highest BCUT2D eigenvalue weighted by Crippen LogP contribution is 2.29. The molecule has 2 atom stereocenters. The van der Waals surface area contributed by atoms with Crippen LogP contribution in [0.15, 0.2) is 30.6 Å². The van der Waals surface area contributed by atoms with Crippen LogP contribution in [0.25, 0.3) is 0 Å². The lowest BCUT2D eigenvalue weighted by Crippen LogP contribution is -2.44. The van der Waals surface area contributed by atoms with Crippen molar-refractivity contribution in [3.63, 3.8) is 0 Å². The molecule has 3 heterocycles. The van der Waals surface area contributed by atoms with E-state index in [1.807, 2.05) is 12.4 Å². The van der Waals surface area contributed by atoms with E-state index in [1.54, 1.807) is 6.07 Å². The fourth-order valence-corrected chi connectivity index (χ4v) is 3.71. The predicted molar refractivity (Wildman–Crippen MR) is 103 cm³/mol. The van der Waals surface area contributed by atoms with Crippen molar-refractivity contribution in [2.24, 2.45) is 0 Å². The molecule has 2 unspecified atom stereocenters. The van der Waals surface area contributed by atoms with Gasteiger partial charge in [-0.25, -0.2) is 9.37 Å². The molecule has 2 aliphatic rings. The Morgan fingerprint density at radius 2 is 2.00 bits per heavy atom. The summed E-state index contributed by atoms with van der Waals surface area (Å²) in [7, 11) is 0. The van der Waals surface area contributed by atoms with E-state index < -0.39 is 0 Å². The van der Waals surface area contributed by atoms with Gasteiger partial charge in [-0.05, 0) is 31.0 Å². The molecule has 4 rings (SSSR count). The van der Waals surface area contributed by atoms with Gasteiger partial charge in [-0.15, -0.1) is 0 Å². The molecule has 2 aliphatic heterocycles. The van der Waals surface area contributed by atoms with Crippen LogP contribution >= 0.6 is 11.6 Å². The molecule has 2 aromatic rings. The van der Waals surface area contributed by atoms with Crippen molar-refractivity contribution in [3.8, 4) is 5.75 Å². The van der Waals surface area contributed by atoms with Gasteiger partial charge in [-0.1, -0.05) is 11.6 Å². The van der Waals surface area contributed by atoms with Crippen LogP contribution in [0.5, 0.6) is 5.75 Å². The van der Waals surface area contributed by atoms with E-state index in [1.165, 1.54) is 12.1 Å². The second kappa shape index (κ2) is 8.37. The molecule has 2 N–H and O–H groups in total. The molecule has 144 valence electrons. The number of halogens is 2. The minimum atomic E-state index is -0.364. The van der Waals surface area contributed by atoms with Gasteiger partial charge in [0, 0.05) is 32.7 Å². The second-order valence-corrected chi connectivity index (χ2v) is 7.30. The maximum absolute atomic E-state index is 13.1. The molecule has 0 amide bonds. The summed E-state index contributed by atoms with van der Waals surface area (Å²) in [6.45, 7) is 4.56. The summed E-state index contributed by atoms with van der Waals surface area (Å²) >= 11 is 6.04. The Labute approximate surface area is 163 Å². The maximum Gasteiger partial charge on any atom is 0.147 e. The number of piperidine rings is 1. The van der Waals surface area contributed by atoms with Gasteiger partial charge in [0.15, 0.2) is 0 Å². The highest BCUT2D eigenvalue weighted by atomic mass is 35.5. The molecule has 1 aromatic carbocycles. The molecule has 0 spiro atoms.